The van der Waals surface area contributed by atoms with Gasteiger partial charge in [0.1, 0.15) is 5.82 Å². The number of hydrogen-bond donors (Lipinski definition) is 3. The third-order valence-corrected chi connectivity index (χ3v) is 2.09. The molecule has 1 aliphatic rings. The molecule has 2 rings (SSSR count). The van der Waals surface area contributed by atoms with Gasteiger partial charge in [0.05, 0.1) is 5.56 Å². The molecule has 4 nitrogen and oxygen atoms in total. The Balaban J connectivity index is 2.44. The van der Waals surface area contributed by atoms with Crippen LogP contribution in [0.25, 0.3) is 0 Å². The Labute approximate surface area is 64.0 Å². The van der Waals surface area contributed by atoms with Crippen molar-refractivity contribution in [2.75, 3.05) is 5.32 Å². The van der Waals surface area contributed by atoms with Crippen LogP contribution in [0.3, 0.4) is 0 Å². The summed E-state index contributed by atoms with van der Waals surface area (Å²) >= 11 is 0. The van der Waals surface area contributed by atoms with Crippen LogP contribution in [-0.4, -0.2) is 16.2 Å². The summed E-state index contributed by atoms with van der Waals surface area (Å²) in [6, 6.07) is 0.467. The van der Waals surface area contributed by atoms with E-state index >= 15 is 0 Å². The molecule has 11 heavy (non-hydrogen) atoms. The van der Waals surface area contributed by atoms with E-state index in [9.17, 15) is 4.79 Å². The molecule has 1 atom stereocenters. The van der Waals surface area contributed by atoms with Crippen LogP contribution in [0.15, 0.2) is 4.79 Å². The molecule has 0 bridgehead atoms. The summed E-state index contributed by atoms with van der Waals surface area (Å²) < 4.78 is 0. The summed E-state index contributed by atoms with van der Waals surface area (Å²) in [5.74, 6) is 0.869. The lowest BCUT2D eigenvalue weighted by atomic mass is 10.0. The standard InChI is InChI=1S/C7H11N3O/c1-4-2-3-5-6(8-4)9-10-7(5)11/h4H,2-3H2,1H3,(H3,8,9,10,11)/t4-/m0/s1. The average Bonchev–Trinajstić information content (AvgIpc) is 2.32. The van der Waals surface area contributed by atoms with Crippen LogP contribution >= 0.6 is 0 Å². The van der Waals surface area contributed by atoms with Crippen molar-refractivity contribution in [3.05, 3.63) is 15.9 Å². The lowest BCUT2D eigenvalue weighted by Gasteiger charge is -2.19. The van der Waals surface area contributed by atoms with Gasteiger partial charge in [0.25, 0.3) is 5.56 Å². The summed E-state index contributed by atoms with van der Waals surface area (Å²) in [6.07, 6.45) is 1.91. The van der Waals surface area contributed by atoms with Crippen molar-refractivity contribution in [3.8, 4) is 0 Å². The van der Waals surface area contributed by atoms with Crippen LogP contribution < -0.4 is 10.9 Å². The second-order valence-electron chi connectivity index (χ2n) is 3.02. The Kier molecular flexibility index (Phi) is 1.27. The fraction of sp³-hybridized carbons (Fsp3) is 0.571. The van der Waals surface area contributed by atoms with Crippen molar-refractivity contribution in [3.63, 3.8) is 0 Å². The van der Waals surface area contributed by atoms with Gasteiger partial charge in [-0.05, 0) is 19.8 Å². The maximum Gasteiger partial charge on any atom is 0.269 e. The van der Waals surface area contributed by atoms with E-state index in [1.165, 1.54) is 0 Å². The van der Waals surface area contributed by atoms with Crippen LogP contribution in [0, 0.1) is 0 Å². The second kappa shape index (κ2) is 2.15. The number of hydrogen-bond acceptors (Lipinski definition) is 2. The van der Waals surface area contributed by atoms with Crippen LogP contribution in [0.5, 0.6) is 0 Å². The van der Waals surface area contributed by atoms with Crippen molar-refractivity contribution in [1.82, 2.24) is 10.2 Å². The number of nitrogens with one attached hydrogen (secondary N) is 3. The summed E-state index contributed by atoms with van der Waals surface area (Å²) in [6.45, 7) is 2.11. The Morgan fingerprint density at radius 2 is 2.27 bits per heavy atom. The third kappa shape index (κ3) is 0.943. The molecule has 60 valence electrons. The number of H-pyrrole nitrogens is 2. The van der Waals surface area contributed by atoms with Crippen molar-refractivity contribution in [1.29, 1.82) is 0 Å². The first-order valence-corrected chi connectivity index (χ1v) is 3.83. The van der Waals surface area contributed by atoms with Crippen LogP contribution in [0.4, 0.5) is 5.82 Å². The monoisotopic (exact) mass is 153 g/mol. The van der Waals surface area contributed by atoms with Crippen LogP contribution in [0.1, 0.15) is 18.9 Å². The van der Waals surface area contributed by atoms with E-state index in [1.807, 2.05) is 0 Å². The molecule has 0 amide bonds. The first kappa shape index (κ1) is 6.52. The molecule has 1 aliphatic heterocycles. The summed E-state index contributed by atoms with van der Waals surface area (Å²) in [4.78, 5) is 11.0. The molecular formula is C7H11N3O. The van der Waals surface area contributed by atoms with Crippen molar-refractivity contribution in [2.45, 2.75) is 25.8 Å². The number of aromatic amines is 2. The molecular weight excluding hydrogens is 142 g/mol. The van der Waals surface area contributed by atoms with E-state index in [0.717, 1.165) is 24.2 Å². The minimum absolute atomic E-state index is 0.0133. The normalized spacial score (nSPS) is 22.5. The van der Waals surface area contributed by atoms with Crippen molar-refractivity contribution < 1.29 is 0 Å². The summed E-state index contributed by atoms with van der Waals surface area (Å²) in [5, 5.41) is 8.56. The molecule has 0 fully saturated rings. The SMILES string of the molecule is C[C@H]1CCc2c([nH][nH]c2=O)N1. The Morgan fingerprint density at radius 3 is 3.09 bits per heavy atom. The van der Waals surface area contributed by atoms with Gasteiger partial charge in [-0.1, -0.05) is 0 Å². The topological polar surface area (TPSA) is 60.7 Å². The molecule has 2 heterocycles. The largest absolute Gasteiger partial charge is 0.368 e. The van der Waals surface area contributed by atoms with E-state index in [0.29, 0.717) is 6.04 Å². The first-order chi connectivity index (χ1) is 5.27. The maximum absolute atomic E-state index is 11.0. The van der Waals surface area contributed by atoms with Gasteiger partial charge in [-0.15, -0.1) is 0 Å². The molecule has 1 aromatic rings. The Bertz CT molecular complexity index is 312. The zero-order valence-corrected chi connectivity index (χ0v) is 6.40. The molecule has 0 aromatic carbocycles. The highest BCUT2D eigenvalue weighted by molar-refractivity contribution is 5.45. The van der Waals surface area contributed by atoms with Crippen molar-refractivity contribution >= 4 is 5.82 Å². The molecule has 0 unspecified atom stereocenters. The van der Waals surface area contributed by atoms with Gasteiger partial charge in [0.15, 0.2) is 0 Å². The van der Waals surface area contributed by atoms with Gasteiger partial charge in [0, 0.05) is 6.04 Å². The van der Waals surface area contributed by atoms with E-state index in [2.05, 4.69) is 22.4 Å². The fourth-order valence-corrected chi connectivity index (χ4v) is 1.42. The van der Waals surface area contributed by atoms with E-state index < -0.39 is 0 Å². The fourth-order valence-electron chi connectivity index (χ4n) is 1.42. The summed E-state index contributed by atoms with van der Waals surface area (Å²) in [7, 11) is 0. The van der Waals surface area contributed by atoms with Gasteiger partial charge in [-0.25, -0.2) is 0 Å². The Hall–Kier alpha value is -1.19. The molecule has 0 saturated heterocycles. The molecule has 0 saturated carbocycles. The van der Waals surface area contributed by atoms with E-state index in [-0.39, 0.29) is 5.56 Å². The van der Waals surface area contributed by atoms with Crippen LogP contribution in [-0.2, 0) is 6.42 Å². The molecule has 3 N–H and O–H groups in total. The van der Waals surface area contributed by atoms with Gasteiger partial charge >= 0.3 is 0 Å². The quantitative estimate of drug-likeness (QED) is 0.506. The lowest BCUT2D eigenvalue weighted by Crippen LogP contribution is -2.23. The van der Waals surface area contributed by atoms with Crippen molar-refractivity contribution in [2.24, 2.45) is 0 Å². The van der Waals surface area contributed by atoms with Gasteiger partial charge < -0.3 is 5.32 Å². The second-order valence-corrected chi connectivity index (χ2v) is 3.02. The number of rotatable bonds is 0. The predicted octanol–water partition coefficient (Wildman–Crippen LogP) is 0.450. The molecule has 1 aromatic heterocycles. The highest BCUT2D eigenvalue weighted by Crippen LogP contribution is 2.17. The average molecular weight is 153 g/mol. The predicted molar refractivity (Wildman–Crippen MR) is 42.8 cm³/mol. The Morgan fingerprint density at radius 1 is 1.45 bits per heavy atom. The van der Waals surface area contributed by atoms with Crippen LogP contribution in [0.2, 0.25) is 0 Å². The lowest BCUT2D eigenvalue weighted by molar-refractivity contribution is 0.677. The molecule has 0 aliphatic carbocycles. The summed E-state index contributed by atoms with van der Waals surface area (Å²) in [5.41, 5.74) is 0.877. The minimum atomic E-state index is 0.0133. The van der Waals surface area contributed by atoms with Gasteiger partial charge in [0.2, 0.25) is 0 Å². The van der Waals surface area contributed by atoms with Gasteiger partial charge in [-0.2, -0.15) is 0 Å². The number of anilines is 1. The molecule has 0 radical (unpaired) electrons. The minimum Gasteiger partial charge on any atom is -0.368 e. The molecule has 4 heteroatoms. The zero-order chi connectivity index (χ0) is 7.84. The van der Waals surface area contributed by atoms with Gasteiger partial charge in [-0.3, -0.25) is 15.0 Å². The van der Waals surface area contributed by atoms with E-state index in [4.69, 9.17) is 0 Å². The zero-order valence-electron chi connectivity index (χ0n) is 6.40. The number of aromatic nitrogens is 2. The van der Waals surface area contributed by atoms with E-state index in [1.54, 1.807) is 0 Å². The maximum atomic E-state index is 11.0. The first-order valence-electron chi connectivity index (χ1n) is 3.83. The smallest absolute Gasteiger partial charge is 0.269 e. The molecule has 0 spiro atoms. The highest BCUT2D eigenvalue weighted by Gasteiger charge is 2.17. The number of fused-ring (bicyclic) bond motifs is 1. The third-order valence-electron chi connectivity index (χ3n) is 2.09. The highest BCUT2D eigenvalue weighted by atomic mass is 16.1.